The molecule has 5 nitrogen and oxygen atoms in total. The van der Waals surface area contributed by atoms with Gasteiger partial charge in [-0.1, -0.05) is 35.9 Å². The number of hydrogen-bond donors (Lipinski definition) is 0. The zero-order chi connectivity index (χ0) is 19.0. The van der Waals surface area contributed by atoms with Gasteiger partial charge in [0.25, 0.3) is 5.56 Å². The number of ether oxygens (including phenoxy) is 1. The fraction of sp³-hybridized carbons (Fsp3) is 0.150. The van der Waals surface area contributed by atoms with Crippen LogP contribution in [-0.2, 0) is 11.3 Å². The maximum absolute atomic E-state index is 13.2. The zero-order valence-electron chi connectivity index (χ0n) is 14.4. The highest BCUT2D eigenvalue weighted by Gasteiger charge is 2.18. The molecule has 0 spiro atoms. The Kier molecular flexibility index (Phi) is 4.78. The summed E-state index contributed by atoms with van der Waals surface area (Å²) in [5.41, 5.74) is -0.0326. The van der Waals surface area contributed by atoms with Crippen molar-refractivity contribution in [3.05, 3.63) is 74.1 Å². The van der Waals surface area contributed by atoms with Crippen LogP contribution >= 0.6 is 22.9 Å². The van der Waals surface area contributed by atoms with Crippen LogP contribution in [-0.4, -0.2) is 23.3 Å². The van der Waals surface area contributed by atoms with Gasteiger partial charge in [-0.05, 0) is 24.3 Å². The van der Waals surface area contributed by atoms with Gasteiger partial charge in [-0.15, -0.1) is 11.3 Å². The summed E-state index contributed by atoms with van der Waals surface area (Å²) in [4.78, 5) is 31.3. The third-order valence-electron chi connectivity index (χ3n) is 4.34. The first-order chi connectivity index (χ1) is 13.1. The Morgan fingerprint density at radius 2 is 1.85 bits per heavy atom. The van der Waals surface area contributed by atoms with Crippen LogP contribution in [0.15, 0.2) is 58.1 Å². The molecule has 0 aliphatic heterocycles. The van der Waals surface area contributed by atoms with Gasteiger partial charge in [-0.3, -0.25) is 14.2 Å². The molecule has 2 aromatic heterocycles. The third kappa shape index (κ3) is 3.06. The molecule has 27 heavy (non-hydrogen) atoms. The number of nitrogens with zero attached hydrogens (tertiary/aromatic N) is 2. The molecule has 0 amide bonds. The fourth-order valence-corrected chi connectivity index (χ4v) is 4.28. The van der Waals surface area contributed by atoms with E-state index in [4.69, 9.17) is 16.3 Å². The minimum atomic E-state index is -0.376. The van der Waals surface area contributed by atoms with E-state index in [0.717, 1.165) is 4.70 Å². The summed E-state index contributed by atoms with van der Waals surface area (Å²) in [6, 6.07) is 14.4. The van der Waals surface area contributed by atoms with Crippen molar-refractivity contribution in [2.75, 3.05) is 13.7 Å². The van der Waals surface area contributed by atoms with E-state index < -0.39 is 0 Å². The van der Waals surface area contributed by atoms with Crippen LogP contribution in [0, 0.1) is 0 Å². The predicted octanol–water partition coefficient (Wildman–Crippen LogP) is 3.94. The molecule has 0 fully saturated rings. The zero-order valence-corrected chi connectivity index (χ0v) is 16.0. The molecular weight excluding hydrogens is 384 g/mol. The lowest BCUT2D eigenvalue weighted by Crippen LogP contribution is -2.28. The number of hydrogen-bond acceptors (Lipinski definition) is 5. The van der Waals surface area contributed by atoms with E-state index in [2.05, 4.69) is 4.98 Å². The smallest absolute Gasteiger partial charge is 0.266 e. The highest BCUT2D eigenvalue weighted by atomic mass is 35.5. The average molecular weight is 399 g/mol. The molecule has 0 N–H and O–H groups in total. The van der Waals surface area contributed by atoms with E-state index in [0.29, 0.717) is 33.2 Å². The number of benzene rings is 2. The summed E-state index contributed by atoms with van der Waals surface area (Å²) in [5.74, 6) is 0.432. The molecule has 7 heteroatoms. The molecular formula is C20H15ClN2O3S. The van der Waals surface area contributed by atoms with Crippen molar-refractivity contribution in [1.82, 2.24) is 9.55 Å². The number of methoxy groups -OCH3 is 1. The maximum Gasteiger partial charge on any atom is 0.266 e. The molecule has 0 bridgehead atoms. The highest BCUT2D eigenvalue weighted by molar-refractivity contribution is 7.24. The summed E-state index contributed by atoms with van der Waals surface area (Å²) < 4.78 is 7.40. The van der Waals surface area contributed by atoms with Gasteiger partial charge >= 0.3 is 0 Å². The molecule has 2 aromatic carbocycles. The Morgan fingerprint density at radius 3 is 2.63 bits per heavy atom. The van der Waals surface area contributed by atoms with Crippen LogP contribution in [0.3, 0.4) is 0 Å². The van der Waals surface area contributed by atoms with Crippen molar-refractivity contribution in [1.29, 1.82) is 0 Å². The van der Waals surface area contributed by atoms with Gasteiger partial charge in [0.1, 0.15) is 16.0 Å². The lowest BCUT2D eigenvalue weighted by Gasteiger charge is -2.14. The normalized spacial score (nSPS) is 11.3. The van der Waals surface area contributed by atoms with E-state index in [1.807, 2.05) is 30.3 Å². The summed E-state index contributed by atoms with van der Waals surface area (Å²) >= 11 is 7.68. The lowest BCUT2D eigenvalue weighted by molar-refractivity contribution is 0.186. The molecule has 0 saturated carbocycles. The second-order valence-corrected chi connectivity index (χ2v) is 7.41. The van der Waals surface area contributed by atoms with Crippen molar-refractivity contribution in [3.8, 4) is 11.4 Å². The molecule has 0 saturated heterocycles. The Bertz CT molecular complexity index is 1280. The van der Waals surface area contributed by atoms with Crippen LogP contribution in [0.25, 0.3) is 31.7 Å². The molecule has 4 rings (SSSR count). The molecule has 136 valence electrons. The van der Waals surface area contributed by atoms with Crippen LogP contribution in [0.2, 0.25) is 5.02 Å². The molecule has 0 aliphatic rings. The SMILES string of the molecule is COCCn1c(-c2ccccc2Cl)nc2sc3ccccc3c(=O)c2c1=O. The van der Waals surface area contributed by atoms with E-state index in [1.54, 1.807) is 25.3 Å². The lowest BCUT2D eigenvalue weighted by atomic mass is 10.2. The minimum Gasteiger partial charge on any atom is -0.383 e. The minimum absolute atomic E-state index is 0.102. The van der Waals surface area contributed by atoms with Gasteiger partial charge in [0.2, 0.25) is 5.43 Å². The van der Waals surface area contributed by atoms with Gasteiger partial charge in [-0.25, -0.2) is 4.98 Å². The number of fused-ring (bicyclic) bond motifs is 2. The standard InChI is InChI=1S/C20H15ClN2O3S/c1-26-11-10-23-18(12-6-2-4-8-14(12)21)22-19-16(20(23)25)17(24)13-7-3-5-9-15(13)27-19/h2-9H,10-11H2,1H3. The Labute approximate surface area is 163 Å². The molecule has 0 atom stereocenters. The molecule has 4 aromatic rings. The van der Waals surface area contributed by atoms with Crippen LogP contribution < -0.4 is 11.0 Å². The molecule has 0 aliphatic carbocycles. The van der Waals surface area contributed by atoms with Crippen LogP contribution in [0.5, 0.6) is 0 Å². The molecule has 2 heterocycles. The number of aromatic nitrogens is 2. The maximum atomic E-state index is 13.2. The van der Waals surface area contributed by atoms with Gasteiger partial charge in [0.05, 0.1) is 18.2 Å². The van der Waals surface area contributed by atoms with E-state index >= 15 is 0 Å². The van der Waals surface area contributed by atoms with Gasteiger partial charge < -0.3 is 4.74 Å². The number of rotatable bonds is 4. The largest absolute Gasteiger partial charge is 0.383 e. The van der Waals surface area contributed by atoms with Crippen molar-refractivity contribution < 1.29 is 4.74 Å². The van der Waals surface area contributed by atoms with Crippen molar-refractivity contribution in [2.24, 2.45) is 0 Å². The van der Waals surface area contributed by atoms with Crippen LogP contribution in [0.4, 0.5) is 0 Å². The van der Waals surface area contributed by atoms with Gasteiger partial charge in [0, 0.05) is 22.8 Å². The van der Waals surface area contributed by atoms with E-state index in [1.165, 1.54) is 15.9 Å². The van der Waals surface area contributed by atoms with Crippen LogP contribution in [0.1, 0.15) is 0 Å². The second kappa shape index (κ2) is 7.23. The average Bonchev–Trinajstić information content (AvgIpc) is 2.67. The summed E-state index contributed by atoms with van der Waals surface area (Å²) in [6.07, 6.45) is 0. The van der Waals surface area contributed by atoms with Gasteiger partial charge in [0.15, 0.2) is 0 Å². The Morgan fingerprint density at radius 1 is 1.11 bits per heavy atom. The molecule has 0 unspecified atom stereocenters. The summed E-state index contributed by atoms with van der Waals surface area (Å²) in [6.45, 7) is 0.589. The topological polar surface area (TPSA) is 61.2 Å². The second-order valence-electron chi connectivity index (χ2n) is 5.97. The third-order valence-corrected chi connectivity index (χ3v) is 5.73. The quantitative estimate of drug-likeness (QED) is 0.488. The van der Waals surface area contributed by atoms with E-state index in [-0.39, 0.29) is 22.9 Å². The first-order valence-corrected chi connectivity index (χ1v) is 9.51. The van der Waals surface area contributed by atoms with E-state index in [9.17, 15) is 9.59 Å². The highest BCUT2D eigenvalue weighted by Crippen LogP contribution is 2.28. The predicted molar refractivity (Wildman–Crippen MR) is 110 cm³/mol. The molecule has 0 radical (unpaired) electrons. The summed E-state index contributed by atoms with van der Waals surface area (Å²) in [5, 5.41) is 1.12. The first-order valence-electron chi connectivity index (χ1n) is 8.32. The Hall–Kier alpha value is -2.54. The summed E-state index contributed by atoms with van der Waals surface area (Å²) in [7, 11) is 1.56. The first kappa shape index (κ1) is 17.9. The van der Waals surface area contributed by atoms with Crippen molar-refractivity contribution >= 4 is 43.2 Å². The number of halogens is 1. The fourth-order valence-electron chi connectivity index (χ4n) is 3.02. The van der Waals surface area contributed by atoms with Gasteiger partial charge in [-0.2, -0.15) is 0 Å². The Balaban J connectivity index is 2.14. The monoisotopic (exact) mass is 398 g/mol. The van der Waals surface area contributed by atoms with Crippen molar-refractivity contribution in [2.45, 2.75) is 6.54 Å². The van der Waals surface area contributed by atoms with Crippen molar-refractivity contribution in [3.63, 3.8) is 0 Å².